The monoisotopic (exact) mass is 329 g/mol. The molecule has 0 saturated heterocycles. The molecule has 0 bridgehead atoms. The number of nitrogens with one attached hydrogen (secondary N) is 1. The van der Waals surface area contributed by atoms with E-state index >= 15 is 0 Å². The summed E-state index contributed by atoms with van der Waals surface area (Å²) in [4.78, 5) is 17.7. The fourth-order valence-corrected chi connectivity index (χ4v) is 3.43. The van der Waals surface area contributed by atoms with E-state index in [0.29, 0.717) is 24.0 Å². The van der Waals surface area contributed by atoms with Crippen molar-refractivity contribution in [3.05, 3.63) is 23.8 Å². The molecule has 2 saturated carbocycles. The summed E-state index contributed by atoms with van der Waals surface area (Å²) in [7, 11) is 0. The first-order valence-electron chi connectivity index (χ1n) is 8.66. The van der Waals surface area contributed by atoms with E-state index in [1.165, 1.54) is 12.8 Å². The summed E-state index contributed by atoms with van der Waals surface area (Å²) in [6.07, 6.45) is 4.37. The number of oxazole rings is 1. The van der Waals surface area contributed by atoms with Crippen LogP contribution in [0.5, 0.6) is 0 Å². The normalized spacial score (nSPS) is 23.4. The molecule has 1 aromatic carbocycles. The van der Waals surface area contributed by atoms with Crippen LogP contribution in [-0.4, -0.2) is 46.1 Å². The number of hydrogen-bond donors (Lipinski definition) is 2. The van der Waals surface area contributed by atoms with Gasteiger partial charge in [-0.15, -0.1) is 0 Å². The zero-order valence-electron chi connectivity index (χ0n) is 13.9. The second-order valence-corrected chi connectivity index (χ2v) is 7.22. The Morgan fingerprint density at radius 3 is 2.92 bits per heavy atom. The van der Waals surface area contributed by atoms with Crippen LogP contribution in [0.3, 0.4) is 0 Å². The van der Waals surface area contributed by atoms with Crippen molar-refractivity contribution in [2.24, 2.45) is 5.92 Å². The highest BCUT2D eigenvalue weighted by Gasteiger charge is 2.37. The molecule has 1 aromatic heterocycles. The fourth-order valence-electron chi connectivity index (χ4n) is 3.43. The first-order valence-corrected chi connectivity index (χ1v) is 8.66. The molecule has 6 nitrogen and oxygen atoms in total. The van der Waals surface area contributed by atoms with Crippen LogP contribution in [0.2, 0.25) is 0 Å². The average Bonchev–Trinajstić information content (AvgIpc) is 3.19. The van der Waals surface area contributed by atoms with Gasteiger partial charge in [0.1, 0.15) is 5.52 Å². The molecule has 0 radical (unpaired) electrons. The van der Waals surface area contributed by atoms with Crippen LogP contribution in [0.25, 0.3) is 11.1 Å². The average molecular weight is 329 g/mol. The molecule has 0 amide bonds. The number of benzene rings is 1. The van der Waals surface area contributed by atoms with Crippen LogP contribution in [0.15, 0.2) is 22.6 Å². The minimum Gasteiger partial charge on any atom is -0.480 e. The number of aryl methyl sites for hydroxylation is 1. The molecule has 24 heavy (non-hydrogen) atoms. The lowest BCUT2D eigenvalue weighted by molar-refractivity contribution is -0.139. The van der Waals surface area contributed by atoms with Crippen LogP contribution in [0, 0.1) is 12.8 Å². The third-order valence-corrected chi connectivity index (χ3v) is 5.03. The van der Waals surface area contributed by atoms with Gasteiger partial charge >= 0.3 is 5.97 Å². The first-order chi connectivity index (χ1) is 11.6. The van der Waals surface area contributed by atoms with Gasteiger partial charge in [0.2, 0.25) is 0 Å². The van der Waals surface area contributed by atoms with Crippen LogP contribution >= 0.6 is 0 Å². The van der Waals surface area contributed by atoms with Gasteiger partial charge in [0.05, 0.1) is 6.54 Å². The van der Waals surface area contributed by atoms with Crippen molar-refractivity contribution < 1.29 is 14.3 Å². The fraction of sp³-hybridized carbons (Fsp3) is 0.556. The zero-order valence-corrected chi connectivity index (χ0v) is 13.9. The van der Waals surface area contributed by atoms with E-state index in [1.807, 2.05) is 25.1 Å². The Morgan fingerprint density at radius 1 is 1.42 bits per heavy atom. The van der Waals surface area contributed by atoms with Gasteiger partial charge in [-0.2, -0.15) is 4.98 Å². The van der Waals surface area contributed by atoms with Gasteiger partial charge in [0.25, 0.3) is 6.01 Å². The maximum atomic E-state index is 11.1. The van der Waals surface area contributed by atoms with E-state index in [-0.39, 0.29) is 6.54 Å². The Balaban J connectivity index is 1.34. The highest BCUT2D eigenvalue weighted by molar-refractivity contribution is 5.75. The minimum absolute atomic E-state index is 0.149. The summed E-state index contributed by atoms with van der Waals surface area (Å²) in [5, 5.41) is 12.5. The van der Waals surface area contributed by atoms with Crippen molar-refractivity contribution in [1.29, 1.82) is 0 Å². The standard InChI is InChI=1S/C18H23N3O3/c1-11-2-5-16-15(6-11)20-18(24-16)19-13-7-14(8-13)21(10-17(22)23)9-12-3-4-12/h2,5-6,12-14H,3-4,7-10H2,1H3,(H,19,20)(H,22,23). The Hall–Kier alpha value is -2.08. The lowest BCUT2D eigenvalue weighted by Crippen LogP contribution is -2.52. The molecule has 0 aliphatic heterocycles. The predicted octanol–water partition coefficient (Wildman–Crippen LogP) is 2.88. The Labute approximate surface area is 140 Å². The number of anilines is 1. The molecule has 1 heterocycles. The van der Waals surface area contributed by atoms with Crippen molar-refractivity contribution in [2.45, 2.75) is 44.7 Å². The maximum Gasteiger partial charge on any atom is 0.317 e. The molecule has 128 valence electrons. The van der Waals surface area contributed by atoms with E-state index in [2.05, 4.69) is 15.2 Å². The molecule has 4 rings (SSSR count). The topological polar surface area (TPSA) is 78.6 Å². The second-order valence-electron chi connectivity index (χ2n) is 7.22. The molecule has 2 aliphatic carbocycles. The third-order valence-electron chi connectivity index (χ3n) is 5.03. The van der Waals surface area contributed by atoms with Crippen LogP contribution in [0.4, 0.5) is 6.01 Å². The van der Waals surface area contributed by atoms with Crippen LogP contribution < -0.4 is 5.32 Å². The van der Waals surface area contributed by atoms with Gasteiger partial charge in [-0.1, -0.05) is 6.07 Å². The number of carboxylic acid groups (broad SMARTS) is 1. The van der Waals surface area contributed by atoms with Gasteiger partial charge in [0, 0.05) is 18.6 Å². The molecule has 6 heteroatoms. The first kappa shape index (κ1) is 15.4. The lowest BCUT2D eigenvalue weighted by atomic mass is 9.85. The summed E-state index contributed by atoms with van der Waals surface area (Å²) < 4.78 is 5.73. The van der Waals surface area contributed by atoms with E-state index < -0.39 is 5.97 Å². The van der Waals surface area contributed by atoms with Crippen molar-refractivity contribution in [3.63, 3.8) is 0 Å². The molecule has 0 unspecified atom stereocenters. The summed E-state index contributed by atoms with van der Waals surface area (Å²) in [6, 6.07) is 7.18. The Kier molecular flexibility index (Phi) is 3.92. The number of aliphatic carboxylic acids is 1. The molecule has 0 spiro atoms. The van der Waals surface area contributed by atoms with Crippen LogP contribution in [-0.2, 0) is 4.79 Å². The molecule has 2 aliphatic rings. The van der Waals surface area contributed by atoms with Crippen molar-refractivity contribution in [2.75, 3.05) is 18.4 Å². The molecule has 2 aromatic rings. The van der Waals surface area contributed by atoms with Gasteiger partial charge in [-0.25, -0.2) is 0 Å². The number of hydrogen-bond acceptors (Lipinski definition) is 5. The number of nitrogens with zero attached hydrogens (tertiary/aromatic N) is 2. The summed E-state index contributed by atoms with van der Waals surface area (Å²) in [5.41, 5.74) is 2.82. The Morgan fingerprint density at radius 2 is 2.21 bits per heavy atom. The molecular formula is C18H23N3O3. The Bertz CT molecular complexity index is 747. The summed E-state index contributed by atoms with van der Waals surface area (Å²) in [5.74, 6) is -0.0296. The number of aromatic nitrogens is 1. The summed E-state index contributed by atoms with van der Waals surface area (Å²) >= 11 is 0. The van der Waals surface area contributed by atoms with Crippen molar-refractivity contribution >= 4 is 23.1 Å². The van der Waals surface area contributed by atoms with Gasteiger partial charge in [-0.05, 0) is 56.2 Å². The number of rotatable bonds is 7. The van der Waals surface area contributed by atoms with Gasteiger partial charge < -0.3 is 14.8 Å². The van der Waals surface area contributed by atoms with E-state index in [0.717, 1.165) is 36.0 Å². The van der Waals surface area contributed by atoms with Gasteiger partial charge in [-0.3, -0.25) is 9.69 Å². The predicted molar refractivity (Wildman–Crippen MR) is 91.1 cm³/mol. The highest BCUT2D eigenvalue weighted by Crippen LogP contribution is 2.34. The SMILES string of the molecule is Cc1ccc2oc(NC3CC(N(CC(=O)O)CC4CC4)C3)nc2c1. The van der Waals surface area contributed by atoms with E-state index in [4.69, 9.17) is 9.52 Å². The largest absolute Gasteiger partial charge is 0.480 e. The third kappa shape index (κ3) is 3.38. The smallest absolute Gasteiger partial charge is 0.317 e. The molecule has 2 fully saturated rings. The van der Waals surface area contributed by atoms with Crippen molar-refractivity contribution in [3.8, 4) is 0 Å². The number of carboxylic acids is 1. The van der Waals surface area contributed by atoms with E-state index in [9.17, 15) is 4.79 Å². The minimum atomic E-state index is -0.735. The van der Waals surface area contributed by atoms with Gasteiger partial charge in [0.15, 0.2) is 5.58 Å². The zero-order chi connectivity index (χ0) is 16.7. The lowest BCUT2D eigenvalue weighted by Gasteiger charge is -2.42. The summed E-state index contributed by atoms with van der Waals surface area (Å²) in [6.45, 7) is 3.11. The van der Waals surface area contributed by atoms with Crippen molar-refractivity contribution in [1.82, 2.24) is 9.88 Å². The second kappa shape index (κ2) is 6.09. The quantitative estimate of drug-likeness (QED) is 0.813. The van der Waals surface area contributed by atoms with E-state index in [1.54, 1.807) is 0 Å². The molecule has 2 N–H and O–H groups in total. The maximum absolute atomic E-state index is 11.1. The molecule has 0 atom stereocenters. The van der Waals surface area contributed by atoms with Crippen LogP contribution in [0.1, 0.15) is 31.2 Å². The highest BCUT2D eigenvalue weighted by atomic mass is 16.4. The number of carbonyl (C=O) groups is 1. The number of fused-ring (bicyclic) bond motifs is 1. The molecular weight excluding hydrogens is 306 g/mol.